The number of ketones is 1. The van der Waals surface area contributed by atoms with E-state index in [9.17, 15) is 19.1 Å². The third kappa shape index (κ3) is 4.04. The summed E-state index contributed by atoms with van der Waals surface area (Å²) in [4.78, 5) is 28.8. The molecule has 0 aromatic heterocycles. The van der Waals surface area contributed by atoms with Crippen LogP contribution in [0.25, 0.3) is 5.76 Å². The van der Waals surface area contributed by atoms with Crippen molar-refractivity contribution in [2.24, 2.45) is 0 Å². The Morgan fingerprint density at radius 2 is 1.93 bits per heavy atom. The number of Topliss-reactive ketones (excluding diaryl/α,β-unsaturated/α-hetero) is 1. The molecule has 1 fully saturated rings. The van der Waals surface area contributed by atoms with Gasteiger partial charge in [0.2, 0.25) is 0 Å². The Labute approximate surface area is 179 Å². The number of methoxy groups -OCH3 is 1. The van der Waals surface area contributed by atoms with E-state index in [4.69, 9.17) is 16.3 Å². The monoisotopic (exact) mass is 432 g/mol. The lowest BCUT2D eigenvalue weighted by atomic mass is 9.95. The lowest BCUT2D eigenvalue weighted by molar-refractivity contribution is -0.140. The van der Waals surface area contributed by atoms with E-state index < -0.39 is 29.3 Å². The maximum absolute atomic E-state index is 14.7. The maximum Gasteiger partial charge on any atom is 0.295 e. The summed E-state index contributed by atoms with van der Waals surface area (Å²) < 4.78 is 19.8. The van der Waals surface area contributed by atoms with Gasteiger partial charge in [0.15, 0.2) is 0 Å². The number of aliphatic hydroxyl groups excluding tert-OH is 1. The summed E-state index contributed by atoms with van der Waals surface area (Å²) in [5.74, 6) is -2.25. The van der Waals surface area contributed by atoms with Gasteiger partial charge in [-0.15, -0.1) is 0 Å². The van der Waals surface area contributed by atoms with Crippen molar-refractivity contribution in [3.8, 4) is 5.75 Å². The first-order valence-electron chi connectivity index (χ1n) is 9.27. The van der Waals surface area contributed by atoms with E-state index >= 15 is 0 Å². The molecular weight excluding hydrogens is 411 g/mol. The number of likely N-dealkylation sites (N-methyl/N-ethyl adjacent to an activating group) is 1. The Bertz CT molecular complexity index is 1020. The molecule has 2 aromatic carbocycles. The predicted molar refractivity (Wildman–Crippen MR) is 112 cm³/mol. The van der Waals surface area contributed by atoms with Gasteiger partial charge in [0.05, 0.1) is 23.7 Å². The van der Waals surface area contributed by atoms with Gasteiger partial charge in [0.1, 0.15) is 17.3 Å². The standard InChI is InChI=1S/C22H22ClFN2O4/c1-25(2)10-11-26-19(14-6-4-5-7-16(14)24)18(21(28)22(26)29)20(27)13-8-9-17(30-3)15(23)12-13/h4-9,12,19,27H,10-11H2,1-3H3/b20-18+/t19-/m1/s1. The van der Waals surface area contributed by atoms with Crippen molar-refractivity contribution in [2.45, 2.75) is 6.04 Å². The van der Waals surface area contributed by atoms with E-state index in [2.05, 4.69) is 0 Å². The fourth-order valence-electron chi connectivity index (χ4n) is 3.41. The van der Waals surface area contributed by atoms with Crippen LogP contribution in [-0.2, 0) is 9.59 Å². The zero-order chi connectivity index (χ0) is 22.0. The average molecular weight is 433 g/mol. The van der Waals surface area contributed by atoms with Gasteiger partial charge in [0, 0.05) is 24.2 Å². The molecule has 2 aromatic rings. The Morgan fingerprint density at radius 1 is 1.23 bits per heavy atom. The molecule has 0 bridgehead atoms. The molecule has 1 heterocycles. The van der Waals surface area contributed by atoms with Gasteiger partial charge in [-0.3, -0.25) is 9.59 Å². The minimum atomic E-state index is -1.05. The number of carbonyl (C=O) groups excluding carboxylic acids is 2. The summed E-state index contributed by atoms with van der Waals surface area (Å²) >= 11 is 6.15. The van der Waals surface area contributed by atoms with Crippen molar-refractivity contribution < 1.29 is 23.8 Å². The number of halogens is 2. The summed E-state index contributed by atoms with van der Waals surface area (Å²) in [6.07, 6.45) is 0. The Hall–Kier alpha value is -2.90. The van der Waals surface area contributed by atoms with Gasteiger partial charge < -0.3 is 19.6 Å². The highest BCUT2D eigenvalue weighted by molar-refractivity contribution is 6.46. The topological polar surface area (TPSA) is 70.1 Å². The van der Waals surface area contributed by atoms with Crippen molar-refractivity contribution in [1.29, 1.82) is 0 Å². The maximum atomic E-state index is 14.7. The summed E-state index contributed by atoms with van der Waals surface area (Å²) in [5.41, 5.74) is 0.189. The Morgan fingerprint density at radius 3 is 2.53 bits per heavy atom. The van der Waals surface area contributed by atoms with Crippen LogP contribution in [0.2, 0.25) is 5.02 Å². The van der Waals surface area contributed by atoms with Crippen LogP contribution in [-0.4, -0.2) is 60.9 Å². The van der Waals surface area contributed by atoms with E-state index in [0.29, 0.717) is 12.3 Å². The number of hydrogen-bond acceptors (Lipinski definition) is 5. The molecule has 30 heavy (non-hydrogen) atoms. The molecule has 1 amide bonds. The predicted octanol–water partition coefficient (Wildman–Crippen LogP) is 3.47. The van der Waals surface area contributed by atoms with E-state index in [-0.39, 0.29) is 28.3 Å². The lowest BCUT2D eigenvalue weighted by Gasteiger charge is -2.26. The van der Waals surface area contributed by atoms with Crippen LogP contribution in [0, 0.1) is 5.82 Å². The fraction of sp³-hybridized carbons (Fsp3) is 0.273. The van der Waals surface area contributed by atoms with Crippen molar-refractivity contribution in [2.75, 3.05) is 34.3 Å². The zero-order valence-electron chi connectivity index (χ0n) is 16.9. The first-order chi connectivity index (χ1) is 14.3. The number of rotatable bonds is 6. The van der Waals surface area contributed by atoms with E-state index in [1.807, 2.05) is 19.0 Å². The molecule has 3 rings (SSSR count). The second kappa shape index (κ2) is 8.85. The molecule has 158 valence electrons. The second-order valence-electron chi connectivity index (χ2n) is 7.17. The number of benzene rings is 2. The molecule has 1 aliphatic rings. The molecule has 1 atom stereocenters. The molecule has 0 radical (unpaired) electrons. The first-order valence-corrected chi connectivity index (χ1v) is 9.65. The van der Waals surface area contributed by atoms with Crippen LogP contribution in [0.1, 0.15) is 17.2 Å². The zero-order valence-corrected chi connectivity index (χ0v) is 17.6. The van der Waals surface area contributed by atoms with Gasteiger partial charge in [-0.25, -0.2) is 4.39 Å². The molecule has 0 spiro atoms. The number of likely N-dealkylation sites (tertiary alicyclic amines) is 1. The van der Waals surface area contributed by atoms with Gasteiger partial charge in [-0.1, -0.05) is 29.8 Å². The normalized spacial score (nSPS) is 18.3. The summed E-state index contributed by atoms with van der Waals surface area (Å²) in [5, 5.41) is 11.2. The molecule has 1 N–H and O–H groups in total. The molecule has 0 unspecified atom stereocenters. The second-order valence-corrected chi connectivity index (χ2v) is 7.57. The van der Waals surface area contributed by atoms with Crippen molar-refractivity contribution in [3.63, 3.8) is 0 Å². The smallest absolute Gasteiger partial charge is 0.295 e. The van der Waals surface area contributed by atoms with Gasteiger partial charge in [0.25, 0.3) is 11.7 Å². The SMILES string of the molecule is COc1ccc(/C(O)=C2\C(=O)C(=O)N(CCN(C)C)[C@@H]2c2ccccc2F)cc1Cl. The lowest BCUT2D eigenvalue weighted by Crippen LogP contribution is -2.35. The minimum absolute atomic E-state index is 0.136. The molecule has 0 saturated carbocycles. The highest BCUT2D eigenvalue weighted by atomic mass is 35.5. The van der Waals surface area contributed by atoms with Gasteiger partial charge >= 0.3 is 0 Å². The van der Waals surface area contributed by atoms with Crippen molar-refractivity contribution >= 4 is 29.1 Å². The summed E-state index contributed by atoms with van der Waals surface area (Å²) in [7, 11) is 5.11. The number of aliphatic hydroxyl groups is 1. The van der Waals surface area contributed by atoms with Crippen LogP contribution in [0.4, 0.5) is 4.39 Å². The number of ether oxygens (including phenoxy) is 1. The largest absolute Gasteiger partial charge is 0.507 e. The van der Waals surface area contributed by atoms with Crippen LogP contribution < -0.4 is 4.74 Å². The van der Waals surface area contributed by atoms with Crippen LogP contribution in [0.3, 0.4) is 0 Å². The molecule has 1 saturated heterocycles. The number of carbonyl (C=O) groups is 2. The highest BCUT2D eigenvalue weighted by Gasteiger charge is 2.46. The molecule has 6 nitrogen and oxygen atoms in total. The Balaban J connectivity index is 2.18. The average Bonchev–Trinajstić information content (AvgIpc) is 2.96. The van der Waals surface area contributed by atoms with E-state index in [1.54, 1.807) is 6.07 Å². The highest BCUT2D eigenvalue weighted by Crippen LogP contribution is 2.40. The van der Waals surface area contributed by atoms with Crippen molar-refractivity contribution in [3.05, 3.63) is 70.0 Å². The van der Waals surface area contributed by atoms with Crippen LogP contribution in [0.5, 0.6) is 5.75 Å². The van der Waals surface area contributed by atoms with Gasteiger partial charge in [-0.2, -0.15) is 0 Å². The van der Waals surface area contributed by atoms with Crippen LogP contribution >= 0.6 is 11.6 Å². The third-order valence-corrected chi connectivity index (χ3v) is 5.25. The fourth-order valence-corrected chi connectivity index (χ4v) is 3.67. The third-order valence-electron chi connectivity index (χ3n) is 4.95. The van der Waals surface area contributed by atoms with Crippen LogP contribution in [0.15, 0.2) is 48.0 Å². The van der Waals surface area contributed by atoms with E-state index in [1.165, 1.54) is 48.4 Å². The number of amides is 1. The number of nitrogens with zero attached hydrogens (tertiary/aromatic N) is 2. The first kappa shape index (κ1) is 21.8. The quantitative estimate of drug-likeness (QED) is 0.430. The van der Waals surface area contributed by atoms with Gasteiger partial charge in [-0.05, 0) is 38.4 Å². The number of hydrogen-bond donors (Lipinski definition) is 1. The molecular formula is C22H22ClFN2O4. The molecule has 1 aliphatic heterocycles. The molecule has 0 aliphatic carbocycles. The van der Waals surface area contributed by atoms with E-state index in [0.717, 1.165) is 0 Å². The summed E-state index contributed by atoms with van der Waals surface area (Å²) in [6, 6.07) is 9.34. The molecule has 8 heteroatoms. The summed E-state index contributed by atoms with van der Waals surface area (Å²) in [6.45, 7) is 0.656. The van der Waals surface area contributed by atoms with Crippen molar-refractivity contribution in [1.82, 2.24) is 9.80 Å². The Kier molecular flexibility index (Phi) is 6.43. The minimum Gasteiger partial charge on any atom is -0.507 e.